The first-order valence-electron chi connectivity index (χ1n) is 9.40. The zero-order valence-corrected chi connectivity index (χ0v) is 15.8. The molecule has 0 aromatic heterocycles. The maximum atomic E-state index is 12.1. The third-order valence-electron chi connectivity index (χ3n) is 4.93. The third kappa shape index (κ3) is 3.94. The Labute approximate surface area is 162 Å². The third-order valence-corrected chi connectivity index (χ3v) is 4.93. The maximum Gasteiger partial charge on any atom is 0.140 e. The predicted octanol–water partition coefficient (Wildman–Crippen LogP) is 6.26. The van der Waals surface area contributed by atoms with E-state index in [2.05, 4.69) is 18.7 Å². The molecule has 2 aromatic rings. The summed E-state index contributed by atoms with van der Waals surface area (Å²) in [7, 11) is 0. The number of hydrogen-bond donors (Lipinski definition) is 1. The Bertz CT molecular complexity index is 856. The molecular weight excluding hydrogens is 328 g/mol. The van der Waals surface area contributed by atoms with E-state index in [1.54, 1.807) is 0 Å². The number of rotatable bonds is 6. The van der Waals surface area contributed by atoms with Crippen molar-refractivity contribution in [2.24, 2.45) is 0 Å². The molecule has 1 aliphatic rings. The van der Waals surface area contributed by atoms with Crippen LogP contribution in [-0.4, -0.2) is 5.11 Å². The van der Waals surface area contributed by atoms with Gasteiger partial charge >= 0.3 is 0 Å². The van der Waals surface area contributed by atoms with Crippen LogP contribution in [0.1, 0.15) is 30.9 Å². The summed E-state index contributed by atoms with van der Waals surface area (Å²) >= 11 is 0. The zero-order valence-electron chi connectivity index (χ0n) is 15.8. The monoisotopic (exact) mass is 354 g/mol. The van der Waals surface area contributed by atoms with Crippen molar-refractivity contribution in [2.75, 3.05) is 0 Å². The molecule has 0 unspecified atom stereocenters. The molecule has 2 aromatic carbocycles. The van der Waals surface area contributed by atoms with E-state index >= 15 is 0 Å². The highest BCUT2D eigenvalue weighted by Gasteiger charge is 2.37. The second-order valence-corrected chi connectivity index (χ2v) is 6.69. The molecule has 1 nitrogen and oxygen atoms in total. The summed E-state index contributed by atoms with van der Waals surface area (Å²) in [6.45, 7) is 6.27. The highest BCUT2D eigenvalue weighted by atomic mass is 16.3. The van der Waals surface area contributed by atoms with E-state index in [0.29, 0.717) is 0 Å². The van der Waals surface area contributed by atoms with E-state index < -0.39 is 5.60 Å². The molecule has 1 heteroatoms. The van der Waals surface area contributed by atoms with Crippen LogP contribution in [0.25, 0.3) is 0 Å². The van der Waals surface area contributed by atoms with Crippen LogP contribution < -0.4 is 0 Å². The molecule has 1 aliphatic carbocycles. The average Bonchev–Trinajstić information content (AvgIpc) is 2.74. The van der Waals surface area contributed by atoms with E-state index in [9.17, 15) is 5.11 Å². The minimum atomic E-state index is -1.22. The van der Waals surface area contributed by atoms with Gasteiger partial charge in [-0.2, -0.15) is 0 Å². The van der Waals surface area contributed by atoms with Crippen molar-refractivity contribution in [2.45, 2.75) is 25.4 Å². The molecule has 0 radical (unpaired) electrons. The summed E-state index contributed by atoms with van der Waals surface area (Å²) in [6, 6.07) is 19.8. The van der Waals surface area contributed by atoms with E-state index in [-0.39, 0.29) is 0 Å². The first-order valence-corrected chi connectivity index (χ1v) is 9.40. The summed E-state index contributed by atoms with van der Waals surface area (Å²) in [5.74, 6) is 0. The number of benzene rings is 2. The van der Waals surface area contributed by atoms with E-state index in [4.69, 9.17) is 0 Å². The van der Waals surface area contributed by atoms with Gasteiger partial charge in [0.15, 0.2) is 0 Å². The maximum absolute atomic E-state index is 12.1. The summed E-state index contributed by atoms with van der Waals surface area (Å²) in [5.41, 5.74) is 3.46. The smallest absolute Gasteiger partial charge is 0.140 e. The van der Waals surface area contributed by atoms with Crippen LogP contribution in [0.2, 0.25) is 0 Å². The van der Waals surface area contributed by atoms with Crippen LogP contribution in [0.3, 0.4) is 0 Å². The van der Waals surface area contributed by atoms with Crippen LogP contribution in [0.4, 0.5) is 0 Å². The largest absolute Gasteiger partial charge is 0.376 e. The molecule has 0 saturated heterocycles. The second-order valence-electron chi connectivity index (χ2n) is 6.69. The molecular formula is C26H26O. The van der Waals surface area contributed by atoms with Crippen molar-refractivity contribution < 1.29 is 5.11 Å². The zero-order chi connectivity index (χ0) is 19.1. The SMILES string of the molecule is C=C(/C=C\C=C/C)C1=C(C(O)(c2ccccc2)c2ccccc2)C=CCC1. The van der Waals surface area contributed by atoms with Crippen molar-refractivity contribution in [3.05, 3.63) is 132 Å². The van der Waals surface area contributed by atoms with Gasteiger partial charge in [-0.05, 0) is 47.6 Å². The van der Waals surface area contributed by atoms with Crippen molar-refractivity contribution in [1.82, 2.24) is 0 Å². The molecule has 0 atom stereocenters. The topological polar surface area (TPSA) is 20.2 Å². The molecule has 0 spiro atoms. The average molecular weight is 354 g/mol. The van der Waals surface area contributed by atoms with Crippen molar-refractivity contribution in [3.8, 4) is 0 Å². The number of allylic oxidation sites excluding steroid dienone is 7. The quantitative estimate of drug-likeness (QED) is 0.607. The fourth-order valence-corrected chi connectivity index (χ4v) is 3.56. The standard InChI is InChI=1S/C26H26O/c1-3-4-7-14-21(2)24-19-12-13-20-25(24)26(27,22-15-8-5-9-16-22)23-17-10-6-11-18-23/h3-11,13-18,20,27H,2,12,19H2,1H3/b4-3-,14-7-. The van der Waals surface area contributed by atoms with Crippen LogP contribution in [0, 0.1) is 0 Å². The fraction of sp³-hybridized carbons (Fsp3) is 0.154. The van der Waals surface area contributed by atoms with Crippen molar-refractivity contribution >= 4 is 0 Å². The van der Waals surface area contributed by atoms with Gasteiger partial charge in [0.2, 0.25) is 0 Å². The van der Waals surface area contributed by atoms with Gasteiger partial charge in [-0.3, -0.25) is 0 Å². The molecule has 0 fully saturated rings. The molecule has 0 bridgehead atoms. The van der Waals surface area contributed by atoms with Gasteiger partial charge in [0.05, 0.1) is 0 Å². The van der Waals surface area contributed by atoms with Gasteiger partial charge in [-0.1, -0.05) is 104 Å². The molecule has 1 N–H and O–H groups in total. The normalized spacial score (nSPS) is 15.0. The van der Waals surface area contributed by atoms with Crippen LogP contribution >= 0.6 is 0 Å². The Hall–Kier alpha value is -2.90. The molecule has 0 amide bonds. The van der Waals surface area contributed by atoms with Gasteiger partial charge in [-0.25, -0.2) is 0 Å². The molecule has 0 heterocycles. The molecule has 27 heavy (non-hydrogen) atoms. The Morgan fingerprint density at radius 3 is 2.11 bits per heavy atom. The minimum absolute atomic E-state index is 0.862. The van der Waals surface area contributed by atoms with Gasteiger partial charge in [-0.15, -0.1) is 0 Å². The van der Waals surface area contributed by atoms with Gasteiger partial charge in [0.1, 0.15) is 5.60 Å². The Balaban J connectivity index is 2.21. The van der Waals surface area contributed by atoms with Gasteiger partial charge < -0.3 is 5.11 Å². The minimum Gasteiger partial charge on any atom is -0.376 e. The molecule has 3 rings (SSSR count). The lowest BCUT2D eigenvalue weighted by Crippen LogP contribution is -2.31. The first-order chi connectivity index (χ1) is 13.2. The van der Waals surface area contributed by atoms with E-state index in [1.165, 1.54) is 0 Å². The number of hydrogen-bond acceptors (Lipinski definition) is 1. The van der Waals surface area contributed by atoms with E-state index in [0.717, 1.165) is 40.7 Å². The lowest BCUT2D eigenvalue weighted by atomic mass is 9.74. The van der Waals surface area contributed by atoms with Crippen LogP contribution in [0.15, 0.2) is 120 Å². The number of aliphatic hydroxyl groups is 1. The highest BCUT2D eigenvalue weighted by Crippen LogP contribution is 2.42. The van der Waals surface area contributed by atoms with Gasteiger partial charge in [0.25, 0.3) is 0 Å². The Morgan fingerprint density at radius 1 is 0.963 bits per heavy atom. The Morgan fingerprint density at radius 2 is 1.56 bits per heavy atom. The highest BCUT2D eigenvalue weighted by molar-refractivity contribution is 5.57. The molecule has 136 valence electrons. The predicted molar refractivity (Wildman–Crippen MR) is 114 cm³/mol. The second kappa shape index (κ2) is 8.66. The van der Waals surface area contributed by atoms with Gasteiger partial charge in [0, 0.05) is 0 Å². The lowest BCUT2D eigenvalue weighted by molar-refractivity contribution is 0.123. The summed E-state index contributed by atoms with van der Waals surface area (Å²) in [4.78, 5) is 0. The van der Waals surface area contributed by atoms with Crippen LogP contribution in [0.5, 0.6) is 0 Å². The summed E-state index contributed by atoms with van der Waals surface area (Å²) < 4.78 is 0. The lowest BCUT2D eigenvalue weighted by Gasteiger charge is -2.34. The first kappa shape index (κ1) is 18.9. The van der Waals surface area contributed by atoms with Crippen LogP contribution in [-0.2, 0) is 5.60 Å². The molecule has 0 saturated carbocycles. The van der Waals surface area contributed by atoms with E-state index in [1.807, 2.05) is 91.9 Å². The Kier molecular flexibility index (Phi) is 6.05. The summed E-state index contributed by atoms with van der Waals surface area (Å²) in [5, 5.41) is 12.1. The summed E-state index contributed by atoms with van der Waals surface area (Å²) in [6.07, 6.45) is 14.0. The fourth-order valence-electron chi connectivity index (χ4n) is 3.56. The van der Waals surface area contributed by atoms with Crippen molar-refractivity contribution in [1.29, 1.82) is 0 Å². The van der Waals surface area contributed by atoms with Crippen molar-refractivity contribution in [3.63, 3.8) is 0 Å². The molecule has 0 aliphatic heterocycles.